The van der Waals surface area contributed by atoms with E-state index in [1.165, 1.54) is 17.7 Å². The summed E-state index contributed by atoms with van der Waals surface area (Å²) < 4.78 is 13.3. The van der Waals surface area contributed by atoms with Gasteiger partial charge < -0.3 is 9.88 Å². The van der Waals surface area contributed by atoms with E-state index in [1.807, 2.05) is 11.0 Å². The molecule has 0 radical (unpaired) electrons. The number of amides is 1. The highest BCUT2D eigenvalue weighted by molar-refractivity contribution is 5.79. The Balaban J connectivity index is 1.31. The van der Waals surface area contributed by atoms with Crippen molar-refractivity contribution in [2.45, 2.75) is 32.1 Å². The van der Waals surface area contributed by atoms with Crippen molar-refractivity contribution < 1.29 is 9.18 Å². The van der Waals surface area contributed by atoms with Crippen LogP contribution < -0.4 is 5.56 Å². The minimum atomic E-state index is -0.383. The van der Waals surface area contributed by atoms with Crippen molar-refractivity contribution >= 4 is 16.8 Å². The van der Waals surface area contributed by atoms with Crippen LogP contribution in [0, 0.1) is 11.7 Å². The molecule has 29 heavy (non-hydrogen) atoms. The molecule has 0 saturated carbocycles. The van der Waals surface area contributed by atoms with Gasteiger partial charge in [-0.05, 0) is 66.8 Å². The number of H-pyrrole nitrogens is 1. The molecule has 2 heterocycles. The number of nitrogens with one attached hydrogen (secondary N) is 1. The van der Waals surface area contributed by atoms with Crippen LogP contribution in [-0.4, -0.2) is 28.9 Å². The highest BCUT2D eigenvalue weighted by Gasteiger charge is 2.23. The third kappa shape index (κ3) is 4.73. The molecular weight excluding hydrogens is 367 g/mol. The van der Waals surface area contributed by atoms with E-state index >= 15 is 0 Å². The number of fused-ring (bicyclic) bond motifs is 1. The van der Waals surface area contributed by atoms with Gasteiger partial charge in [-0.1, -0.05) is 30.3 Å². The Bertz CT molecular complexity index is 1050. The predicted molar refractivity (Wildman–Crippen MR) is 112 cm³/mol. The first-order chi connectivity index (χ1) is 14.1. The van der Waals surface area contributed by atoms with E-state index in [0.717, 1.165) is 37.7 Å². The summed E-state index contributed by atoms with van der Waals surface area (Å²) in [4.78, 5) is 29.5. The van der Waals surface area contributed by atoms with Gasteiger partial charge >= 0.3 is 0 Å². The second-order valence-electron chi connectivity index (χ2n) is 7.87. The molecule has 150 valence electrons. The summed E-state index contributed by atoms with van der Waals surface area (Å²) in [6, 6.07) is 16.6. The third-order valence-corrected chi connectivity index (χ3v) is 5.83. The van der Waals surface area contributed by atoms with Crippen LogP contribution in [0.15, 0.2) is 59.4 Å². The molecule has 2 aromatic carbocycles. The average molecular weight is 392 g/mol. The maximum Gasteiger partial charge on any atom is 0.251 e. The Morgan fingerprint density at radius 3 is 2.59 bits per heavy atom. The number of carbonyl (C=O) groups is 1. The van der Waals surface area contributed by atoms with Crippen molar-refractivity contribution in [1.82, 2.24) is 9.88 Å². The summed E-state index contributed by atoms with van der Waals surface area (Å²) in [6.45, 7) is 1.56. The maximum atomic E-state index is 13.3. The molecule has 4 nitrogen and oxygen atoms in total. The average Bonchev–Trinajstić information content (AvgIpc) is 2.73. The van der Waals surface area contributed by atoms with Crippen LogP contribution in [0.25, 0.3) is 10.9 Å². The minimum absolute atomic E-state index is 0.0989. The molecule has 0 unspecified atom stereocenters. The fourth-order valence-corrected chi connectivity index (χ4v) is 4.14. The van der Waals surface area contributed by atoms with Gasteiger partial charge in [0.15, 0.2) is 0 Å². The molecule has 1 aliphatic heterocycles. The van der Waals surface area contributed by atoms with Crippen LogP contribution in [0.4, 0.5) is 4.39 Å². The molecule has 0 spiro atoms. The normalized spacial score (nSPS) is 15.0. The van der Waals surface area contributed by atoms with Crippen LogP contribution >= 0.6 is 0 Å². The number of nitrogens with zero attached hydrogens (tertiary/aromatic N) is 1. The number of halogens is 1. The lowest BCUT2D eigenvalue weighted by Gasteiger charge is -2.32. The number of hydrogen-bond donors (Lipinski definition) is 1. The van der Waals surface area contributed by atoms with Crippen molar-refractivity contribution in [3.8, 4) is 0 Å². The third-order valence-electron chi connectivity index (χ3n) is 5.83. The first kappa shape index (κ1) is 19.4. The number of aromatic nitrogens is 1. The van der Waals surface area contributed by atoms with Crippen LogP contribution in [0.5, 0.6) is 0 Å². The highest BCUT2D eigenvalue weighted by Crippen LogP contribution is 2.22. The van der Waals surface area contributed by atoms with E-state index in [-0.39, 0.29) is 17.3 Å². The molecule has 0 aliphatic carbocycles. The van der Waals surface area contributed by atoms with Crippen molar-refractivity contribution in [3.63, 3.8) is 0 Å². The molecule has 3 aromatic rings. The summed E-state index contributed by atoms with van der Waals surface area (Å²) in [7, 11) is 0. The lowest BCUT2D eigenvalue weighted by Crippen LogP contribution is -2.39. The second kappa shape index (κ2) is 8.60. The van der Waals surface area contributed by atoms with E-state index < -0.39 is 0 Å². The number of benzene rings is 2. The number of rotatable bonds is 5. The number of aryl methyl sites for hydroxylation is 1. The molecule has 4 rings (SSSR count). The number of likely N-dealkylation sites (tertiary alicyclic amines) is 1. The Labute approximate surface area is 169 Å². The number of piperidine rings is 1. The van der Waals surface area contributed by atoms with Gasteiger partial charge in [0, 0.05) is 25.1 Å². The zero-order valence-electron chi connectivity index (χ0n) is 16.4. The number of aromatic amines is 1. The van der Waals surface area contributed by atoms with Gasteiger partial charge in [-0.3, -0.25) is 9.59 Å². The van der Waals surface area contributed by atoms with Crippen molar-refractivity contribution in [2.75, 3.05) is 13.1 Å². The first-order valence-electron chi connectivity index (χ1n) is 10.2. The molecule has 1 saturated heterocycles. The molecular formula is C24H25FN2O2. The van der Waals surface area contributed by atoms with Crippen molar-refractivity contribution in [1.29, 1.82) is 0 Å². The van der Waals surface area contributed by atoms with Crippen molar-refractivity contribution in [3.05, 3.63) is 81.9 Å². The summed E-state index contributed by atoms with van der Waals surface area (Å²) in [5.74, 6) is 0.332. The molecule has 1 amide bonds. The summed E-state index contributed by atoms with van der Waals surface area (Å²) in [5.41, 5.74) is 2.15. The number of carbonyl (C=O) groups excluding carboxylic acids is 1. The van der Waals surface area contributed by atoms with Gasteiger partial charge in [-0.25, -0.2) is 4.39 Å². The van der Waals surface area contributed by atoms with Crippen LogP contribution in [0.3, 0.4) is 0 Å². The molecule has 1 N–H and O–H groups in total. The minimum Gasteiger partial charge on any atom is -0.343 e. The standard InChI is InChI=1S/C24H25FN2O2/c25-21-8-6-19-15-20(24(29)26-22(19)16-21)7-9-23(28)27-12-10-18(11-13-27)14-17-4-2-1-3-5-17/h1-6,8,15-16,18H,7,9-14H2,(H,26,29). The zero-order chi connectivity index (χ0) is 20.2. The lowest BCUT2D eigenvalue weighted by atomic mass is 9.90. The SMILES string of the molecule is O=C(CCc1cc2ccc(F)cc2[nH]c1=O)N1CCC(Cc2ccccc2)CC1. The summed E-state index contributed by atoms with van der Waals surface area (Å²) >= 11 is 0. The van der Waals surface area contributed by atoms with Gasteiger partial charge in [0.05, 0.1) is 5.52 Å². The Kier molecular flexibility index (Phi) is 5.74. The van der Waals surface area contributed by atoms with E-state index in [1.54, 1.807) is 12.1 Å². The van der Waals surface area contributed by atoms with E-state index in [4.69, 9.17) is 0 Å². The highest BCUT2D eigenvalue weighted by atomic mass is 19.1. The molecule has 0 atom stereocenters. The predicted octanol–water partition coefficient (Wildman–Crippen LogP) is 4.08. The zero-order valence-corrected chi connectivity index (χ0v) is 16.4. The quantitative estimate of drug-likeness (QED) is 0.711. The Morgan fingerprint density at radius 2 is 1.83 bits per heavy atom. The second-order valence-corrected chi connectivity index (χ2v) is 7.87. The number of hydrogen-bond acceptors (Lipinski definition) is 2. The van der Waals surface area contributed by atoms with Crippen LogP contribution in [0.2, 0.25) is 0 Å². The first-order valence-corrected chi connectivity index (χ1v) is 10.2. The molecule has 0 bridgehead atoms. The van der Waals surface area contributed by atoms with Gasteiger partial charge in [-0.15, -0.1) is 0 Å². The van der Waals surface area contributed by atoms with Crippen molar-refractivity contribution in [2.24, 2.45) is 5.92 Å². The van der Waals surface area contributed by atoms with Gasteiger partial charge in [-0.2, -0.15) is 0 Å². The van der Waals surface area contributed by atoms with Crippen LogP contribution in [0.1, 0.15) is 30.4 Å². The molecule has 1 fully saturated rings. The fraction of sp³-hybridized carbons (Fsp3) is 0.333. The van der Waals surface area contributed by atoms with Crippen LogP contribution in [-0.2, 0) is 17.6 Å². The summed E-state index contributed by atoms with van der Waals surface area (Å²) in [5, 5.41) is 0.773. The smallest absolute Gasteiger partial charge is 0.251 e. The fourth-order valence-electron chi connectivity index (χ4n) is 4.14. The number of pyridine rings is 1. The Morgan fingerprint density at radius 1 is 1.07 bits per heavy atom. The van der Waals surface area contributed by atoms with Gasteiger partial charge in [0.25, 0.3) is 5.56 Å². The van der Waals surface area contributed by atoms with E-state index in [0.29, 0.717) is 29.8 Å². The van der Waals surface area contributed by atoms with E-state index in [9.17, 15) is 14.0 Å². The molecule has 1 aromatic heterocycles. The van der Waals surface area contributed by atoms with Gasteiger partial charge in [0.2, 0.25) is 5.91 Å². The molecule has 5 heteroatoms. The largest absolute Gasteiger partial charge is 0.343 e. The van der Waals surface area contributed by atoms with E-state index in [2.05, 4.69) is 29.2 Å². The molecule has 1 aliphatic rings. The monoisotopic (exact) mass is 392 g/mol. The maximum absolute atomic E-state index is 13.3. The topological polar surface area (TPSA) is 53.2 Å². The lowest BCUT2D eigenvalue weighted by molar-refractivity contribution is -0.132. The summed E-state index contributed by atoms with van der Waals surface area (Å²) in [6.07, 6.45) is 3.81. The Hall–Kier alpha value is -2.95. The van der Waals surface area contributed by atoms with Gasteiger partial charge in [0.1, 0.15) is 5.82 Å².